The molecule has 0 saturated heterocycles. The van der Waals surface area contributed by atoms with Gasteiger partial charge in [-0.25, -0.2) is 4.79 Å². The van der Waals surface area contributed by atoms with E-state index in [1.807, 2.05) is 0 Å². The maximum absolute atomic E-state index is 12.1. The Bertz CT molecular complexity index is 634. The summed E-state index contributed by atoms with van der Waals surface area (Å²) in [6.45, 7) is 5.80. The second-order valence-corrected chi connectivity index (χ2v) is 7.73. The van der Waals surface area contributed by atoms with Crippen LogP contribution in [0.25, 0.3) is 0 Å². The highest BCUT2D eigenvalue weighted by Crippen LogP contribution is 2.35. The summed E-state index contributed by atoms with van der Waals surface area (Å²) in [7, 11) is 2.98. The average molecular weight is 405 g/mol. The first-order chi connectivity index (χ1) is 12.2. The molecule has 1 aromatic rings. The molecule has 7 nitrogen and oxygen atoms in total. The number of rotatable bonds is 8. The van der Waals surface area contributed by atoms with Crippen LogP contribution in [0.1, 0.15) is 20.8 Å². The van der Waals surface area contributed by atoms with Crippen LogP contribution in [0.2, 0.25) is 5.02 Å². The molecule has 0 radical (unpaired) electrons. The molecule has 0 aliphatic heterocycles. The summed E-state index contributed by atoms with van der Waals surface area (Å²) in [5.74, 6) is 1.49. The Balaban J connectivity index is 2.40. The predicted molar refractivity (Wildman–Crippen MR) is 105 cm³/mol. The fourth-order valence-electron chi connectivity index (χ4n) is 1.85. The average Bonchev–Trinajstić information content (AvgIpc) is 2.54. The van der Waals surface area contributed by atoms with Crippen molar-refractivity contribution in [3.8, 4) is 11.5 Å². The molecule has 0 heterocycles. The highest BCUT2D eigenvalue weighted by Gasteiger charge is 2.16. The summed E-state index contributed by atoms with van der Waals surface area (Å²) in [5, 5.41) is 5.79. The third-order valence-electron chi connectivity index (χ3n) is 2.90. The van der Waals surface area contributed by atoms with E-state index < -0.39 is 11.7 Å². The van der Waals surface area contributed by atoms with Gasteiger partial charge in [-0.3, -0.25) is 4.79 Å². The van der Waals surface area contributed by atoms with Gasteiger partial charge >= 0.3 is 6.09 Å². The Hall–Kier alpha value is -1.80. The number of hydrogen-bond acceptors (Lipinski definition) is 6. The van der Waals surface area contributed by atoms with Crippen molar-refractivity contribution in [1.82, 2.24) is 5.32 Å². The van der Waals surface area contributed by atoms with Crippen LogP contribution >= 0.6 is 23.4 Å². The van der Waals surface area contributed by atoms with Gasteiger partial charge in [-0.05, 0) is 20.8 Å². The largest absolute Gasteiger partial charge is 0.495 e. The van der Waals surface area contributed by atoms with Gasteiger partial charge in [-0.1, -0.05) is 11.6 Å². The molecule has 0 aromatic heterocycles. The first kappa shape index (κ1) is 22.2. The Kier molecular flexibility index (Phi) is 8.87. The molecule has 0 saturated carbocycles. The number of thioether (sulfide) groups is 1. The molecule has 1 rings (SSSR count). The lowest BCUT2D eigenvalue weighted by Crippen LogP contribution is -2.33. The van der Waals surface area contributed by atoms with Crippen LogP contribution in [0.15, 0.2) is 12.1 Å². The number of amides is 2. The third-order valence-corrected chi connectivity index (χ3v) is 4.15. The Labute approximate surface area is 163 Å². The fourth-order valence-corrected chi connectivity index (χ4v) is 2.73. The quantitative estimate of drug-likeness (QED) is 0.644. The maximum atomic E-state index is 12.1. The van der Waals surface area contributed by atoms with E-state index >= 15 is 0 Å². The van der Waals surface area contributed by atoms with Crippen LogP contribution in [-0.2, 0) is 9.53 Å². The molecule has 2 amide bonds. The first-order valence-corrected chi connectivity index (χ1v) is 9.45. The van der Waals surface area contributed by atoms with Gasteiger partial charge in [0.2, 0.25) is 5.91 Å². The van der Waals surface area contributed by atoms with E-state index in [1.165, 1.54) is 26.0 Å². The summed E-state index contributed by atoms with van der Waals surface area (Å²) < 4.78 is 15.5. The van der Waals surface area contributed by atoms with Gasteiger partial charge in [0.15, 0.2) is 0 Å². The van der Waals surface area contributed by atoms with Crippen molar-refractivity contribution in [1.29, 1.82) is 0 Å². The summed E-state index contributed by atoms with van der Waals surface area (Å²) in [6.07, 6.45) is -0.472. The van der Waals surface area contributed by atoms with Crippen molar-refractivity contribution in [2.45, 2.75) is 26.4 Å². The van der Waals surface area contributed by atoms with Crippen molar-refractivity contribution >= 4 is 41.1 Å². The molecule has 0 aliphatic rings. The van der Waals surface area contributed by atoms with Crippen LogP contribution in [0.4, 0.5) is 10.5 Å². The van der Waals surface area contributed by atoms with Gasteiger partial charge in [0.25, 0.3) is 0 Å². The third kappa shape index (κ3) is 8.05. The van der Waals surface area contributed by atoms with Crippen molar-refractivity contribution in [3.63, 3.8) is 0 Å². The first-order valence-electron chi connectivity index (χ1n) is 7.92. The van der Waals surface area contributed by atoms with Gasteiger partial charge < -0.3 is 24.8 Å². The number of anilines is 1. The number of ether oxygens (including phenoxy) is 3. The molecule has 146 valence electrons. The molecule has 0 bridgehead atoms. The summed E-state index contributed by atoms with van der Waals surface area (Å²) in [5.41, 5.74) is -0.0539. The number of alkyl carbamates (subject to hydrolysis) is 1. The van der Waals surface area contributed by atoms with E-state index in [-0.39, 0.29) is 11.7 Å². The van der Waals surface area contributed by atoms with Crippen LogP contribution in [0.5, 0.6) is 11.5 Å². The van der Waals surface area contributed by atoms with E-state index in [2.05, 4.69) is 10.6 Å². The number of methoxy groups -OCH3 is 2. The topological polar surface area (TPSA) is 85.9 Å². The molecule has 0 fully saturated rings. The second kappa shape index (κ2) is 10.4. The number of benzene rings is 1. The number of nitrogens with one attached hydrogen (secondary N) is 2. The molecular weight excluding hydrogens is 380 g/mol. The minimum atomic E-state index is -0.532. The monoisotopic (exact) mass is 404 g/mol. The lowest BCUT2D eigenvalue weighted by Gasteiger charge is -2.19. The van der Waals surface area contributed by atoms with Gasteiger partial charge in [-0.2, -0.15) is 11.8 Å². The normalized spacial score (nSPS) is 10.8. The highest BCUT2D eigenvalue weighted by atomic mass is 35.5. The SMILES string of the molecule is COc1cc(NC(=O)CSCCNC(=O)OC(C)(C)C)c(OC)cc1Cl. The van der Waals surface area contributed by atoms with Crippen molar-refractivity contribution < 1.29 is 23.8 Å². The van der Waals surface area contributed by atoms with E-state index in [0.717, 1.165) is 0 Å². The minimum Gasteiger partial charge on any atom is -0.495 e. The second-order valence-electron chi connectivity index (χ2n) is 6.22. The van der Waals surface area contributed by atoms with Crippen LogP contribution in [-0.4, -0.2) is 49.9 Å². The summed E-state index contributed by atoms with van der Waals surface area (Å²) >= 11 is 7.42. The highest BCUT2D eigenvalue weighted by molar-refractivity contribution is 7.99. The van der Waals surface area contributed by atoms with Gasteiger partial charge in [0.1, 0.15) is 17.1 Å². The van der Waals surface area contributed by atoms with Gasteiger partial charge in [0.05, 0.1) is 30.7 Å². The van der Waals surface area contributed by atoms with Crippen molar-refractivity contribution in [3.05, 3.63) is 17.2 Å². The predicted octanol–water partition coefficient (Wildman–Crippen LogP) is 3.55. The molecular formula is C17H25ClN2O5S. The smallest absolute Gasteiger partial charge is 0.407 e. The van der Waals surface area contributed by atoms with Crippen LogP contribution in [0, 0.1) is 0 Å². The summed E-state index contributed by atoms with van der Waals surface area (Å²) in [4.78, 5) is 23.6. The standard InChI is InChI=1S/C17H25ClN2O5S/c1-17(2,3)25-16(22)19-6-7-26-10-15(21)20-12-9-13(23-4)11(18)8-14(12)24-5/h8-9H,6-7,10H2,1-5H3,(H,19,22)(H,20,21). The molecule has 0 aliphatic carbocycles. The Morgan fingerprint density at radius 3 is 2.38 bits per heavy atom. The van der Waals surface area contributed by atoms with E-state index in [4.69, 9.17) is 25.8 Å². The molecule has 26 heavy (non-hydrogen) atoms. The molecule has 9 heteroatoms. The lowest BCUT2D eigenvalue weighted by atomic mass is 10.2. The van der Waals surface area contributed by atoms with Gasteiger partial charge in [-0.15, -0.1) is 0 Å². The van der Waals surface area contributed by atoms with Gasteiger partial charge in [0, 0.05) is 24.4 Å². The van der Waals surface area contributed by atoms with Crippen molar-refractivity contribution in [2.75, 3.05) is 37.6 Å². The van der Waals surface area contributed by atoms with Crippen LogP contribution < -0.4 is 20.1 Å². The van der Waals surface area contributed by atoms with Crippen molar-refractivity contribution in [2.24, 2.45) is 0 Å². The van der Waals surface area contributed by atoms with Crippen LogP contribution in [0.3, 0.4) is 0 Å². The molecule has 1 aromatic carbocycles. The number of halogens is 1. The number of carbonyl (C=O) groups is 2. The Morgan fingerprint density at radius 2 is 1.81 bits per heavy atom. The molecule has 2 N–H and O–H groups in total. The molecule has 0 atom stereocenters. The number of carbonyl (C=O) groups excluding carboxylic acids is 2. The molecule has 0 unspecified atom stereocenters. The fraction of sp³-hybridized carbons (Fsp3) is 0.529. The van der Waals surface area contributed by atoms with E-state index in [1.54, 1.807) is 32.9 Å². The minimum absolute atomic E-state index is 0.199. The lowest BCUT2D eigenvalue weighted by molar-refractivity contribution is -0.113. The molecule has 0 spiro atoms. The zero-order valence-corrected chi connectivity index (χ0v) is 17.2. The number of hydrogen-bond donors (Lipinski definition) is 2. The Morgan fingerprint density at radius 1 is 1.15 bits per heavy atom. The van der Waals surface area contributed by atoms with E-state index in [9.17, 15) is 9.59 Å². The zero-order chi connectivity index (χ0) is 19.7. The maximum Gasteiger partial charge on any atom is 0.407 e. The summed E-state index contributed by atoms with van der Waals surface area (Å²) in [6, 6.07) is 3.18. The zero-order valence-electron chi connectivity index (χ0n) is 15.6. The van der Waals surface area contributed by atoms with E-state index in [0.29, 0.717) is 34.5 Å².